The van der Waals surface area contributed by atoms with Gasteiger partial charge in [0, 0.05) is 24.8 Å². The number of hydrogen-bond acceptors (Lipinski definition) is 4. The van der Waals surface area contributed by atoms with Crippen LogP contribution in [0.4, 0.5) is 11.4 Å². The highest BCUT2D eigenvalue weighted by Gasteiger charge is 2.20. The summed E-state index contributed by atoms with van der Waals surface area (Å²) in [5, 5.41) is 7.52. The number of benzene rings is 1. The second-order valence-electron chi connectivity index (χ2n) is 7.05. The summed E-state index contributed by atoms with van der Waals surface area (Å²) >= 11 is 1.70. The molecule has 1 unspecified atom stereocenters. The summed E-state index contributed by atoms with van der Waals surface area (Å²) in [6, 6.07) is 8.93. The largest absolute Gasteiger partial charge is 0.329 e. The zero-order valence-corrected chi connectivity index (χ0v) is 18.2. The van der Waals surface area contributed by atoms with Crippen LogP contribution < -0.4 is 15.5 Å². The van der Waals surface area contributed by atoms with E-state index in [1.54, 1.807) is 40.5 Å². The van der Waals surface area contributed by atoms with Crippen molar-refractivity contribution in [2.45, 2.75) is 27.3 Å². The minimum absolute atomic E-state index is 0.00803. The van der Waals surface area contributed by atoms with Crippen molar-refractivity contribution in [1.29, 1.82) is 0 Å². The first kappa shape index (κ1) is 22.6. The van der Waals surface area contributed by atoms with E-state index < -0.39 is 0 Å². The molecule has 0 aliphatic heterocycles. The molecule has 1 heterocycles. The van der Waals surface area contributed by atoms with Crippen LogP contribution in [0, 0.1) is 6.92 Å². The third-order valence-electron chi connectivity index (χ3n) is 4.44. The number of hydrogen-bond donors (Lipinski definition) is 3. The van der Waals surface area contributed by atoms with E-state index in [4.69, 9.17) is 0 Å². The average molecular weight is 418 g/mol. The molecule has 0 saturated heterocycles. The molecule has 2 rings (SSSR count). The number of amides is 3. The van der Waals surface area contributed by atoms with Crippen LogP contribution in [-0.4, -0.2) is 49.3 Å². The minimum atomic E-state index is -0.251. The molecular weight excluding hydrogens is 388 g/mol. The Hall–Kier alpha value is -2.71. The number of carbonyl (C=O) groups is 3. The fraction of sp³-hybridized carbons (Fsp3) is 0.381. The minimum Gasteiger partial charge on any atom is -0.329 e. The first-order valence-electron chi connectivity index (χ1n) is 9.58. The topological polar surface area (TPSA) is 83.0 Å². The summed E-state index contributed by atoms with van der Waals surface area (Å²) in [5.41, 5.74) is 2.52. The quantitative estimate of drug-likeness (QED) is 0.579. The zero-order valence-electron chi connectivity index (χ0n) is 17.4. The molecule has 29 heavy (non-hydrogen) atoms. The summed E-state index contributed by atoms with van der Waals surface area (Å²) < 4.78 is 0. The van der Waals surface area contributed by atoms with Crippen molar-refractivity contribution in [3.05, 3.63) is 46.2 Å². The van der Waals surface area contributed by atoms with Gasteiger partial charge in [0.25, 0.3) is 5.91 Å². The molecule has 3 amide bonds. The zero-order chi connectivity index (χ0) is 21.4. The van der Waals surface area contributed by atoms with Crippen LogP contribution in [0.5, 0.6) is 0 Å². The Morgan fingerprint density at radius 2 is 1.69 bits per heavy atom. The maximum Gasteiger partial charge on any atom is 0.278 e. The molecule has 0 radical (unpaired) electrons. The lowest BCUT2D eigenvalue weighted by molar-refractivity contribution is -0.885. The standard InChI is InChI=1S/C21H28N4O3S/c1-5-25(21(28)14-24(4)12-19-15(2)10-11-29-19)13-20(27)23-18-8-6-17(7-9-18)22-16(3)26/h6-11H,5,12-14H2,1-4H3,(H,22,26)(H,23,27)/p+1. The van der Waals surface area contributed by atoms with Crippen LogP contribution in [0.2, 0.25) is 0 Å². The highest BCUT2D eigenvalue weighted by atomic mass is 32.1. The van der Waals surface area contributed by atoms with Crippen molar-refractivity contribution in [2.24, 2.45) is 0 Å². The van der Waals surface area contributed by atoms with E-state index >= 15 is 0 Å². The van der Waals surface area contributed by atoms with Crippen molar-refractivity contribution in [2.75, 3.05) is 37.3 Å². The van der Waals surface area contributed by atoms with Gasteiger partial charge in [0.05, 0.1) is 11.9 Å². The number of nitrogens with one attached hydrogen (secondary N) is 3. The fourth-order valence-corrected chi connectivity index (χ4v) is 3.90. The van der Waals surface area contributed by atoms with Crippen LogP contribution in [-0.2, 0) is 20.9 Å². The number of carbonyl (C=O) groups excluding carboxylic acids is 3. The van der Waals surface area contributed by atoms with E-state index in [1.807, 2.05) is 14.0 Å². The third kappa shape index (κ3) is 7.32. The summed E-state index contributed by atoms with van der Waals surface area (Å²) in [6.45, 7) is 6.99. The molecule has 0 saturated carbocycles. The summed E-state index contributed by atoms with van der Waals surface area (Å²) in [5.74, 6) is -0.449. The Bertz CT molecular complexity index is 848. The van der Waals surface area contributed by atoms with Gasteiger partial charge in [0.1, 0.15) is 13.1 Å². The van der Waals surface area contributed by atoms with Gasteiger partial charge in [0.2, 0.25) is 11.8 Å². The van der Waals surface area contributed by atoms with E-state index in [0.29, 0.717) is 24.5 Å². The van der Waals surface area contributed by atoms with E-state index in [2.05, 4.69) is 29.0 Å². The maximum atomic E-state index is 12.6. The van der Waals surface area contributed by atoms with Crippen LogP contribution >= 0.6 is 11.3 Å². The Morgan fingerprint density at radius 1 is 1.07 bits per heavy atom. The number of quaternary nitrogens is 1. The molecule has 0 aliphatic rings. The van der Waals surface area contributed by atoms with Gasteiger partial charge in [-0.2, -0.15) is 0 Å². The van der Waals surface area contributed by atoms with Crippen molar-refractivity contribution in [1.82, 2.24) is 4.90 Å². The number of nitrogens with zero attached hydrogens (tertiary/aromatic N) is 1. The van der Waals surface area contributed by atoms with Gasteiger partial charge in [-0.25, -0.2) is 0 Å². The van der Waals surface area contributed by atoms with Crippen molar-refractivity contribution in [3.63, 3.8) is 0 Å². The molecule has 8 heteroatoms. The van der Waals surface area contributed by atoms with Gasteiger partial charge in [-0.15, -0.1) is 11.3 Å². The number of aryl methyl sites for hydroxylation is 1. The molecule has 0 spiro atoms. The van der Waals surface area contributed by atoms with E-state index in [9.17, 15) is 14.4 Å². The third-order valence-corrected chi connectivity index (χ3v) is 5.46. The van der Waals surface area contributed by atoms with E-state index in [1.165, 1.54) is 17.4 Å². The predicted octanol–water partition coefficient (Wildman–Crippen LogP) is 1.52. The summed E-state index contributed by atoms with van der Waals surface area (Å²) in [6.07, 6.45) is 0. The van der Waals surface area contributed by atoms with Gasteiger partial charge in [-0.05, 0) is 55.1 Å². The Kier molecular flexibility index (Phi) is 8.35. The van der Waals surface area contributed by atoms with E-state index in [-0.39, 0.29) is 24.3 Å². The molecule has 1 atom stereocenters. The highest BCUT2D eigenvalue weighted by molar-refractivity contribution is 7.10. The molecule has 0 aliphatic carbocycles. The SMILES string of the molecule is CCN(CC(=O)Nc1ccc(NC(C)=O)cc1)C(=O)C[NH+](C)Cc1sccc1C. The Balaban J connectivity index is 1.85. The normalized spacial score (nSPS) is 11.6. The van der Waals surface area contributed by atoms with Gasteiger partial charge in [-0.3, -0.25) is 14.4 Å². The number of thiophene rings is 1. The van der Waals surface area contributed by atoms with Crippen molar-refractivity contribution >= 4 is 40.4 Å². The monoisotopic (exact) mass is 417 g/mol. The molecule has 1 aromatic heterocycles. The molecule has 7 nitrogen and oxygen atoms in total. The molecule has 1 aromatic carbocycles. The lowest BCUT2D eigenvalue weighted by Crippen LogP contribution is -3.08. The van der Waals surface area contributed by atoms with Gasteiger partial charge >= 0.3 is 0 Å². The number of likely N-dealkylation sites (N-methyl/N-ethyl adjacent to an activating group) is 2. The summed E-state index contributed by atoms with van der Waals surface area (Å²) in [4.78, 5) is 40.0. The van der Waals surface area contributed by atoms with Gasteiger partial charge in [0.15, 0.2) is 6.54 Å². The van der Waals surface area contributed by atoms with Crippen molar-refractivity contribution in [3.8, 4) is 0 Å². The van der Waals surface area contributed by atoms with Crippen LogP contribution in [0.1, 0.15) is 24.3 Å². The molecule has 3 N–H and O–H groups in total. The first-order valence-corrected chi connectivity index (χ1v) is 10.5. The second-order valence-corrected chi connectivity index (χ2v) is 8.05. The lowest BCUT2D eigenvalue weighted by atomic mass is 10.2. The van der Waals surface area contributed by atoms with Crippen LogP contribution in [0.15, 0.2) is 35.7 Å². The van der Waals surface area contributed by atoms with Gasteiger partial charge < -0.3 is 20.4 Å². The fourth-order valence-electron chi connectivity index (χ4n) is 2.88. The molecule has 0 fully saturated rings. The second kappa shape index (κ2) is 10.7. The molecule has 2 aromatic rings. The van der Waals surface area contributed by atoms with Crippen molar-refractivity contribution < 1.29 is 19.3 Å². The lowest BCUT2D eigenvalue weighted by Gasteiger charge is -2.22. The molecule has 0 bridgehead atoms. The maximum absolute atomic E-state index is 12.6. The number of rotatable bonds is 9. The molecule has 156 valence electrons. The Labute approximate surface area is 175 Å². The predicted molar refractivity (Wildman–Crippen MR) is 116 cm³/mol. The van der Waals surface area contributed by atoms with Crippen LogP contribution in [0.25, 0.3) is 0 Å². The summed E-state index contributed by atoms with van der Waals surface area (Å²) in [7, 11) is 1.99. The first-order chi connectivity index (χ1) is 13.8. The highest BCUT2D eigenvalue weighted by Crippen LogP contribution is 2.14. The van der Waals surface area contributed by atoms with Crippen LogP contribution in [0.3, 0.4) is 0 Å². The molecular formula is C21H29N4O3S+. The van der Waals surface area contributed by atoms with Gasteiger partial charge in [-0.1, -0.05) is 0 Å². The smallest absolute Gasteiger partial charge is 0.278 e. The Morgan fingerprint density at radius 3 is 2.21 bits per heavy atom. The number of anilines is 2. The average Bonchev–Trinajstić information content (AvgIpc) is 3.05. The van der Waals surface area contributed by atoms with E-state index in [0.717, 1.165) is 11.4 Å².